The first-order valence-electron chi connectivity index (χ1n) is 8.29. The van der Waals surface area contributed by atoms with Gasteiger partial charge in [-0.25, -0.2) is 0 Å². The molecule has 0 aliphatic rings. The highest BCUT2D eigenvalue weighted by molar-refractivity contribution is 14.0. The molecule has 0 amide bonds. The topological polar surface area (TPSA) is 54.9 Å². The highest BCUT2D eigenvalue weighted by Gasteiger charge is 2.11. The second-order valence-corrected chi connectivity index (χ2v) is 6.31. The molecule has 0 fully saturated rings. The Kier molecular flexibility index (Phi) is 11.0. The van der Waals surface area contributed by atoms with E-state index in [4.69, 9.17) is 4.74 Å². The van der Waals surface area contributed by atoms with Crippen molar-refractivity contribution in [1.29, 1.82) is 0 Å². The summed E-state index contributed by atoms with van der Waals surface area (Å²) in [4.78, 5) is 5.49. The molecular formula is C18H24F2IN3O2S. The zero-order chi connectivity index (χ0) is 18.8. The summed E-state index contributed by atoms with van der Waals surface area (Å²) < 4.78 is 34.8. The largest absolute Gasteiger partial charge is 0.490 e. The van der Waals surface area contributed by atoms with Crippen LogP contribution in [0.1, 0.15) is 17.4 Å². The monoisotopic (exact) mass is 511 g/mol. The highest BCUT2D eigenvalue weighted by atomic mass is 127. The lowest BCUT2D eigenvalue weighted by Crippen LogP contribution is -2.37. The van der Waals surface area contributed by atoms with E-state index in [0.717, 1.165) is 18.5 Å². The van der Waals surface area contributed by atoms with Crippen molar-refractivity contribution in [3.63, 3.8) is 0 Å². The minimum absolute atomic E-state index is 0. The molecule has 1 aromatic heterocycles. The Bertz CT molecular complexity index is 700. The van der Waals surface area contributed by atoms with Crippen LogP contribution in [0.2, 0.25) is 0 Å². The zero-order valence-corrected chi connectivity index (χ0v) is 18.4. The van der Waals surface area contributed by atoms with Gasteiger partial charge in [0, 0.05) is 25.0 Å². The van der Waals surface area contributed by atoms with Crippen molar-refractivity contribution in [2.24, 2.45) is 4.99 Å². The third-order valence-corrected chi connectivity index (χ3v) is 4.39. The van der Waals surface area contributed by atoms with Crippen molar-refractivity contribution >= 4 is 41.3 Å². The third kappa shape index (κ3) is 8.29. The SMILES string of the molecule is CCOc1cc(CNC(=NC)NCCc2cccs2)ccc1OC(F)F.I. The van der Waals surface area contributed by atoms with E-state index in [9.17, 15) is 8.78 Å². The first kappa shape index (κ1) is 23.4. The van der Waals surface area contributed by atoms with Crippen LogP contribution >= 0.6 is 35.3 Å². The molecule has 0 saturated carbocycles. The Morgan fingerprint density at radius 1 is 1.22 bits per heavy atom. The van der Waals surface area contributed by atoms with Crippen molar-refractivity contribution in [3.05, 3.63) is 46.2 Å². The van der Waals surface area contributed by atoms with E-state index in [1.165, 1.54) is 10.9 Å². The van der Waals surface area contributed by atoms with Gasteiger partial charge in [-0.3, -0.25) is 4.99 Å². The standard InChI is InChI=1S/C18H23F2N3O2S.HI/c1-3-24-16-11-13(6-7-15(16)25-17(19)20)12-23-18(21-2)22-9-8-14-5-4-10-26-14;/h4-7,10-11,17H,3,8-9,12H2,1-2H3,(H2,21,22,23);1H. The average molecular weight is 511 g/mol. The fraction of sp³-hybridized carbons (Fsp3) is 0.389. The molecule has 0 aliphatic carbocycles. The molecule has 0 unspecified atom stereocenters. The number of aliphatic imine (C=N–C) groups is 1. The number of thiophene rings is 1. The molecule has 0 bridgehead atoms. The number of hydrogen-bond acceptors (Lipinski definition) is 4. The molecule has 150 valence electrons. The van der Waals surface area contributed by atoms with E-state index in [1.54, 1.807) is 37.4 Å². The predicted molar refractivity (Wildman–Crippen MR) is 116 cm³/mol. The van der Waals surface area contributed by atoms with Crippen LogP contribution in [0.3, 0.4) is 0 Å². The summed E-state index contributed by atoms with van der Waals surface area (Å²) in [6.45, 7) is 0.516. The molecule has 0 spiro atoms. The van der Waals surface area contributed by atoms with Crippen molar-refractivity contribution < 1.29 is 18.3 Å². The van der Waals surface area contributed by atoms with Gasteiger partial charge >= 0.3 is 6.61 Å². The molecule has 2 N–H and O–H groups in total. The van der Waals surface area contributed by atoms with Crippen LogP contribution in [-0.4, -0.2) is 32.8 Å². The molecule has 9 heteroatoms. The molecule has 0 aliphatic heterocycles. The van der Waals surface area contributed by atoms with E-state index >= 15 is 0 Å². The number of guanidine groups is 1. The number of alkyl halides is 2. The van der Waals surface area contributed by atoms with Gasteiger partial charge in [0.2, 0.25) is 0 Å². The normalized spacial score (nSPS) is 11.1. The predicted octanol–water partition coefficient (Wildman–Crippen LogP) is 4.27. The molecule has 0 atom stereocenters. The fourth-order valence-electron chi connectivity index (χ4n) is 2.29. The van der Waals surface area contributed by atoms with Gasteiger partial charge in [0.05, 0.1) is 6.61 Å². The van der Waals surface area contributed by atoms with Gasteiger partial charge in [0.25, 0.3) is 0 Å². The van der Waals surface area contributed by atoms with Crippen LogP contribution in [0.15, 0.2) is 40.7 Å². The van der Waals surface area contributed by atoms with Crippen molar-refractivity contribution in [2.75, 3.05) is 20.2 Å². The highest BCUT2D eigenvalue weighted by Crippen LogP contribution is 2.29. The number of rotatable bonds is 9. The van der Waals surface area contributed by atoms with Gasteiger partial charge in [0.1, 0.15) is 0 Å². The summed E-state index contributed by atoms with van der Waals surface area (Å²) in [6, 6.07) is 9.02. The fourth-order valence-corrected chi connectivity index (χ4v) is 3.00. The average Bonchev–Trinajstić information content (AvgIpc) is 3.13. The van der Waals surface area contributed by atoms with E-state index in [-0.39, 0.29) is 29.7 Å². The van der Waals surface area contributed by atoms with Crippen molar-refractivity contribution in [1.82, 2.24) is 10.6 Å². The number of halogens is 3. The summed E-state index contributed by atoms with van der Waals surface area (Å²) in [5.41, 5.74) is 0.872. The maximum Gasteiger partial charge on any atom is 0.387 e. The van der Waals surface area contributed by atoms with Crippen LogP contribution < -0.4 is 20.1 Å². The van der Waals surface area contributed by atoms with Crippen molar-refractivity contribution in [3.8, 4) is 11.5 Å². The summed E-state index contributed by atoms with van der Waals surface area (Å²) in [5.74, 6) is 1.00. The molecular weight excluding hydrogens is 487 g/mol. The van der Waals surface area contributed by atoms with Crippen LogP contribution in [-0.2, 0) is 13.0 Å². The number of ether oxygens (including phenoxy) is 2. The van der Waals surface area contributed by atoms with E-state index in [1.807, 2.05) is 6.07 Å². The molecule has 27 heavy (non-hydrogen) atoms. The number of nitrogens with zero attached hydrogens (tertiary/aromatic N) is 1. The van der Waals surface area contributed by atoms with E-state index < -0.39 is 6.61 Å². The molecule has 1 heterocycles. The zero-order valence-electron chi connectivity index (χ0n) is 15.2. The van der Waals surface area contributed by atoms with Crippen LogP contribution in [0.25, 0.3) is 0 Å². The van der Waals surface area contributed by atoms with Gasteiger partial charge in [-0.2, -0.15) is 8.78 Å². The van der Waals surface area contributed by atoms with Crippen molar-refractivity contribution in [2.45, 2.75) is 26.5 Å². The summed E-state index contributed by atoms with van der Waals surface area (Å²) in [7, 11) is 1.70. The second-order valence-electron chi connectivity index (χ2n) is 5.27. The number of benzene rings is 1. The van der Waals surface area contributed by atoms with Crippen LogP contribution in [0, 0.1) is 0 Å². The summed E-state index contributed by atoms with van der Waals surface area (Å²) in [6.07, 6.45) is 0.923. The second kappa shape index (κ2) is 12.7. The summed E-state index contributed by atoms with van der Waals surface area (Å²) in [5, 5.41) is 8.49. The van der Waals surface area contributed by atoms with Gasteiger partial charge < -0.3 is 20.1 Å². The molecule has 1 aromatic carbocycles. The van der Waals surface area contributed by atoms with Crippen LogP contribution in [0.5, 0.6) is 11.5 Å². The summed E-state index contributed by atoms with van der Waals surface area (Å²) >= 11 is 1.72. The minimum atomic E-state index is -2.88. The Hall–Kier alpha value is -1.62. The Labute approximate surface area is 179 Å². The van der Waals surface area contributed by atoms with Gasteiger partial charge in [-0.05, 0) is 42.5 Å². The maximum absolute atomic E-state index is 12.4. The molecule has 0 saturated heterocycles. The Balaban J connectivity index is 0.00000364. The first-order chi connectivity index (χ1) is 12.6. The lowest BCUT2D eigenvalue weighted by Gasteiger charge is -2.14. The third-order valence-electron chi connectivity index (χ3n) is 3.45. The minimum Gasteiger partial charge on any atom is -0.490 e. The van der Waals surface area contributed by atoms with E-state index in [2.05, 4.69) is 31.8 Å². The molecule has 2 rings (SSSR count). The Morgan fingerprint density at radius 2 is 2.04 bits per heavy atom. The quantitative estimate of drug-likeness (QED) is 0.300. The maximum atomic E-state index is 12.4. The molecule has 2 aromatic rings. The first-order valence-corrected chi connectivity index (χ1v) is 9.17. The van der Waals surface area contributed by atoms with Gasteiger partial charge in [-0.1, -0.05) is 12.1 Å². The number of hydrogen-bond donors (Lipinski definition) is 2. The molecule has 5 nitrogen and oxygen atoms in total. The number of nitrogens with one attached hydrogen (secondary N) is 2. The Morgan fingerprint density at radius 3 is 2.67 bits per heavy atom. The van der Waals surface area contributed by atoms with Crippen LogP contribution in [0.4, 0.5) is 8.78 Å². The van der Waals surface area contributed by atoms with E-state index in [0.29, 0.717) is 24.9 Å². The smallest absolute Gasteiger partial charge is 0.387 e. The lowest BCUT2D eigenvalue weighted by atomic mass is 10.2. The van der Waals surface area contributed by atoms with Gasteiger partial charge in [-0.15, -0.1) is 35.3 Å². The van der Waals surface area contributed by atoms with Gasteiger partial charge in [0.15, 0.2) is 17.5 Å². The lowest BCUT2D eigenvalue weighted by molar-refractivity contribution is -0.0514. The molecule has 0 radical (unpaired) electrons.